The van der Waals surface area contributed by atoms with E-state index >= 15 is 0 Å². The zero-order valence-corrected chi connectivity index (χ0v) is 19.6. The average molecular weight is 473 g/mol. The Morgan fingerprint density at radius 1 is 0.914 bits per heavy atom. The zero-order chi connectivity index (χ0) is 24.8. The van der Waals surface area contributed by atoms with E-state index in [2.05, 4.69) is 29.6 Å². The Hall–Kier alpha value is -4.13. The molecule has 0 aromatic heterocycles. The molecule has 35 heavy (non-hydrogen) atoms. The van der Waals surface area contributed by atoms with Crippen molar-refractivity contribution >= 4 is 18.0 Å². The van der Waals surface area contributed by atoms with Crippen molar-refractivity contribution in [2.45, 2.75) is 19.3 Å². The second kappa shape index (κ2) is 10.9. The van der Waals surface area contributed by atoms with E-state index in [1.807, 2.05) is 30.3 Å². The van der Waals surface area contributed by atoms with Crippen LogP contribution in [0.25, 0.3) is 11.1 Å². The number of aliphatic carboxylic acids is 1. The molecule has 2 amide bonds. The summed E-state index contributed by atoms with van der Waals surface area (Å²) in [4.78, 5) is 37.6. The molecule has 0 heterocycles. The summed E-state index contributed by atoms with van der Waals surface area (Å²) in [5, 5.41) is 11.8. The Bertz CT molecular complexity index is 1190. The molecule has 3 aromatic rings. The van der Waals surface area contributed by atoms with Crippen LogP contribution in [0.4, 0.5) is 4.79 Å². The van der Waals surface area contributed by atoms with Crippen LogP contribution >= 0.6 is 0 Å². The van der Waals surface area contributed by atoms with Crippen LogP contribution in [0.15, 0.2) is 72.8 Å². The molecule has 7 heteroatoms. The quantitative estimate of drug-likeness (QED) is 0.484. The Balaban J connectivity index is 1.34. The normalized spacial score (nSPS) is 11.9. The standard InChI is InChI=1S/C28H28N2O5/c1-2-30(17-26(31)32)27(33)20-10-4-3-9-19(20)15-16-29-28(34)35-18-25-23-13-7-5-11-21(23)22-12-6-8-14-24(22)25/h3-14,25H,2,15-18H2,1H3,(H,29,34)(H,31,32). The number of nitrogens with zero attached hydrogens (tertiary/aromatic N) is 1. The number of fused-ring (bicyclic) bond motifs is 3. The van der Waals surface area contributed by atoms with Gasteiger partial charge in [0.05, 0.1) is 0 Å². The highest BCUT2D eigenvalue weighted by Gasteiger charge is 2.29. The number of likely N-dealkylation sites (N-methyl/N-ethyl adjacent to an activating group) is 1. The number of benzene rings is 3. The number of alkyl carbamates (subject to hydrolysis) is 1. The predicted octanol–water partition coefficient (Wildman–Crippen LogP) is 4.31. The van der Waals surface area contributed by atoms with Crippen molar-refractivity contribution in [3.8, 4) is 11.1 Å². The molecule has 3 aromatic carbocycles. The molecular weight excluding hydrogens is 444 g/mol. The third-order valence-electron chi connectivity index (χ3n) is 6.25. The van der Waals surface area contributed by atoms with Gasteiger partial charge >= 0.3 is 12.1 Å². The molecule has 0 radical (unpaired) electrons. The number of carboxylic acid groups (broad SMARTS) is 1. The van der Waals surface area contributed by atoms with Gasteiger partial charge in [-0.3, -0.25) is 9.59 Å². The maximum atomic E-state index is 12.8. The fraction of sp³-hybridized carbons (Fsp3) is 0.250. The summed E-state index contributed by atoms with van der Waals surface area (Å²) in [5.41, 5.74) is 5.81. The number of hydrogen-bond acceptors (Lipinski definition) is 4. The molecule has 1 aliphatic carbocycles. The minimum atomic E-state index is -1.06. The molecule has 0 saturated heterocycles. The molecule has 0 atom stereocenters. The summed E-state index contributed by atoms with van der Waals surface area (Å²) < 4.78 is 5.56. The van der Waals surface area contributed by atoms with Crippen molar-refractivity contribution in [1.29, 1.82) is 0 Å². The van der Waals surface area contributed by atoms with E-state index in [-0.39, 0.29) is 38.1 Å². The molecule has 7 nitrogen and oxygen atoms in total. The third-order valence-corrected chi connectivity index (χ3v) is 6.25. The first-order valence-electron chi connectivity index (χ1n) is 11.7. The first-order valence-corrected chi connectivity index (χ1v) is 11.7. The molecule has 0 bridgehead atoms. The van der Waals surface area contributed by atoms with Gasteiger partial charge in [0.2, 0.25) is 0 Å². The highest BCUT2D eigenvalue weighted by Crippen LogP contribution is 2.44. The van der Waals surface area contributed by atoms with E-state index in [4.69, 9.17) is 9.84 Å². The van der Waals surface area contributed by atoms with Gasteiger partial charge in [-0.05, 0) is 47.2 Å². The smallest absolute Gasteiger partial charge is 0.407 e. The lowest BCUT2D eigenvalue weighted by Gasteiger charge is -2.20. The van der Waals surface area contributed by atoms with E-state index in [0.29, 0.717) is 12.0 Å². The highest BCUT2D eigenvalue weighted by atomic mass is 16.5. The SMILES string of the molecule is CCN(CC(=O)O)C(=O)c1ccccc1CCNC(=O)OCC1c2ccccc2-c2ccccc21. The number of carbonyl (C=O) groups is 3. The number of amides is 2. The maximum absolute atomic E-state index is 12.8. The first-order chi connectivity index (χ1) is 17.0. The second-order valence-electron chi connectivity index (χ2n) is 8.37. The third kappa shape index (κ3) is 5.35. The van der Waals surface area contributed by atoms with E-state index in [1.54, 1.807) is 25.1 Å². The van der Waals surface area contributed by atoms with Crippen molar-refractivity contribution in [2.24, 2.45) is 0 Å². The summed E-state index contributed by atoms with van der Waals surface area (Å²) in [5.74, 6) is -1.41. The summed E-state index contributed by atoms with van der Waals surface area (Å²) in [7, 11) is 0. The van der Waals surface area contributed by atoms with Crippen molar-refractivity contribution < 1.29 is 24.2 Å². The van der Waals surface area contributed by atoms with Crippen LogP contribution in [0, 0.1) is 0 Å². The predicted molar refractivity (Wildman–Crippen MR) is 132 cm³/mol. The molecule has 0 aliphatic heterocycles. The first kappa shape index (κ1) is 24.0. The maximum Gasteiger partial charge on any atom is 0.407 e. The topological polar surface area (TPSA) is 95.9 Å². The highest BCUT2D eigenvalue weighted by molar-refractivity contribution is 5.97. The van der Waals surface area contributed by atoms with Crippen LogP contribution in [0.3, 0.4) is 0 Å². The van der Waals surface area contributed by atoms with Gasteiger partial charge in [0.1, 0.15) is 13.2 Å². The van der Waals surface area contributed by atoms with Gasteiger partial charge in [0, 0.05) is 24.6 Å². The number of hydrogen-bond donors (Lipinski definition) is 2. The Labute approximate surface area is 204 Å². The molecule has 0 saturated carbocycles. The Kier molecular flexibility index (Phi) is 7.45. The minimum Gasteiger partial charge on any atom is -0.480 e. The molecule has 0 unspecified atom stereocenters. The number of carboxylic acids is 1. The Morgan fingerprint density at radius 3 is 2.14 bits per heavy atom. The fourth-order valence-corrected chi connectivity index (χ4v) is 4.56. The van der Waals surface area contributed by atoms with Crippen LogP contribution in [0.1, 0.15) is 39.9 Å². The van der Waals surface area contributed by atoms with E-state index in [9.17, 15) is 14.4 Å². The van der Waals surface area contributed by atoms with Gasteiger partial charge in [-0.1, -0.05) is 66.7 Å². The number of ether oxygens (including phenoxy) is 1. The molecule has 180 valence electrons. The minimum absolute atomic E-state index is 0.0132. The van der Waals surface area contributed by atoms with Crippen LogP contribution in [-0.2, 0) is 16.0 Å². The van der Waals surface area contributed by atoms with Gasteiger partial charge in [-0.25, -0.2) is 4.79 Å². The van der Waals surface area contributed by atoms with Crippen molar-refractivity contribution in [3.05, 3.63) is 95.1 Å². The molecule has 1 aliphatic rings. The van der Waals surface area contributed by atoms with Gasteiger partial charge < -0.3 is 20.1 Å². The van der Waals surface area contributed by atoms with Crippen molar-refractivity contribution in [1.82, 2.24) is 10.2 Å². The second-order valence-corrected chi connectivity index (χ2v) is 8.37. The fourth-order valence-electron chi connectivity index (χ4n) is 4.56. The number of carbonyl (C=O) groups excluding carboxylic acids is 2. The zero-order valence-electron chi connectivity index (χ0n) is 19.6. The monoisotopic (exact) mass is 472 g/mol. The van der Waals surface area contributed by atoms with Crippen LogP contribution < -0.4 is 5.32 Å². The van der Waals surface area contributed by atoms with E-state index in [1.165, 1.54) is 16.0 Å². The van der Waals surface area contributed by atoms with Crippen LogP contribution in [0.5, 0.6) is 0 Å². The largest absolute Gasteiger partial charge is 0.480 e. The lowest BCUT2D eigenvalue weighted by atomic mass is 9.98. The van der Waals surface area contributed by atoms with Crippen molar-refractivity contribution in [3.63, 3.8) is 0 Å². The van der Waals surface area contributed by atoms with Gasteiger partial charge in [0.25, 0.3) is 5.91 Å². The lowest BCUT2D eigenvalue weighted by Crippen LogP contribution is -2.36. The van der Waals surface area contributed by atoms with Crippen LogP contribution in [0.2, 0.25) is 0 Å². The van der Waals surface area contributed by atoms with Gasteiger partial charge in [0.15, 0.2) is 0 Å². The summed E-state index contributed by atoms with van der Waals surface area (Å²) in [6.45, 7) is 2.18. The lowest BCUT2D eigenvalue weighted by molar-refractivity contribution is -0.137. The molecular formula is C28H28N2O5. The molecule has 4 rings (SSSR count). The van der Waals surface area contributed by atoms with Crippen LogP contribution in [-0.4, -0.2) is 54.2 Å². The molecule has 0 fully saturated rings. The molecule has 0 spiro atoms. The average Bonchev–Trinajstić information content (AvgIpc) is 3.19. The van der Waals surface area contributed by atoms with Crippen molar-refractivity contribution in [2.75, 3.05) is 26.2 Å². The van der Waals surface area contributed by atoms with Gasteiger partial charge in [-0.15, -0.1) is 0 Å². The molecule has 2 N–H and O–H groups in total. The summed E-state index contributed by atoms with van der Waals surface area (Å²) in [6, 6.07) is 23.4. The van der Waals surface area contributed by atoms with E-state index in [0.717, 1.165) is 16.7 Å². The Morgan fingerprint density at radius 2 is 1.51 bits per heavy atom. The number of nitrogens with one attached hydrogen (secondary N) is 1. The summed E-state index contributed by atoms with van der Waals surface area (Å²) >= 11 is 0. The van der Waals surface area contributed by atoms with Gasteiger partial charge in [-0.2, -0.15) is 0 Å². The number of rotatable bonds is 9. The summed E-state index contributed by atoms with van der Waals surface area (Å²) in [6.07, 6.45) is -0.103. The van der Waals surface area contributed by atoms with E-state index < -0.39 is 12.1 Å².